The number of carbonyl (C=O) groups is 1. The van der Waals surface area contributed by atoms with Gasteiger partial charge >= 0.3 is 0 Å². The van der Waals surface area contributed by atoms with Crippen LogP contribution in [0.2, 0.25) is 0 Å². The van der Waals surface area contributed by atoms with Crippen molar-refractivity contribution in [3.05, 3.63) is 101 Å². The maximum atomic E-state index is 12.2. The number of allylic oxidation sites excluding steroid dienone is 2. The predicted octanol–water partition coefficient (Wildman–Crippen LogP) is 14.8. The van der Waals surface area contributed by atoms with Crippen LogP contribution in [0, 0.1) is 29.7 Å². The number of fused-ring (bicyclic) bond motifs is 3. The number of hydrogen-bond acceptors (Lipinski definition) is 5. The number of furan rings is 1. The first kappa shape index (κ1) is 44.1. The van der Waals surface area contributed by atoms with E-state index < -0.39 is 0 Å². The zero-order valence-corrected chi connectivity index (χ0v) is 38.2. The van der Waals surface area contributed by atoms with Crippen LogP contribution >= 0.6 is 11.3 Å². The maximum Gasteiger partial charge on any atom is 0.164 e. The van der Waals surface area contributed by atoms with E-state index in [9.17, 15) is 9.90 Å². The van der Waals surface area contributed by atoms with Gasteiger partial charge in [-0.25, -0.2) is 0 Å². The molecule has 0 saturated carbocycles. The van der Waals surface area contributed by atoms with Crippen molar-refractivity contribution in [3.8, 4) is 22.4 Å². The van der Waals surface area contributed by atoms with E-state index in [4.69, 9.17) is 9.40 Å². The minimum Gasteiger partial charge on any atom is -0.512 e. The van der Waals surface area contributed by atoms with Crippen molar-refractivity contribution in [2.24, 2.45) is 16.7 Å². The molecule has 3 aromatic carbocycles. The Morgan fingerprint density at radius 1 is 0.891 bits per heavy atom. The molecular formula is C49H60IrNO3S-. The van der Waals surface area contributed by atoms with E-state index in [1.807, 2.05) is 65.9 Å². The second-order valence-corrected chi connectivity index (χ2v) is 18.2. The normalized spacial score (nSPS) is 12.6. The van der Waals surface area contributed by atoms with Crippen molar-refractivity contribution < 1.29 is 34.4 Å². The monoisotopic (exact) mass is 935 g/mol. The Kier molecular flexibility index (Phi) is 14.2. The summed E-state index contributed by atoms with van der Waals surface area (Å²) in [5.74, 6) is 1.81. The molecule has 0 aliphatic rings. The van der Waals surface area contributed by atoms with E-state index >= 15 is 0 Å². The van der Waals surface area contributed by atoms with Crippen molar-refractivity contribution in [1.29, 1.82) is 0 Å². The second kappa shape index (κ2) is 17.7. The summed E-state index contributed by atoms with van der Waals surface area (Å²) in [6, 6.07) is 27.8. The molecule has 6 rings (SSSR count). The van der Waals surface area contributed by atoms with Gasteiger partial charge in [0.25, 0.3) is 0 Å². The Bertz CT molecular complexity index is 2290. The van der Waals surface area contributed by atoms with Gasteiger partial charge in [-0.05, 0) is 73.4 Å². The molecule has 0 aliphatic carbocycles. The third-order valence-electron chi connectivity index (χ3n) is 11.6. The van der Waals surface area contributed by atoms with E-state index in [1.165, 1.54) is 32.0 Å². The van der Waals surface area contributed by atoms with Crippen LogP contribution in [0.25, 0.3) is 54.3 Å². The number of aryl methyl sites for hydroxylation is 1. The van der Waals surface area contributed by atoms with Crippen LogP contribution in [-0.4, -0.2) is 15.9 Å². The molecule has 3 heterocycles. The molecule has 0 amide bonds. The van der Waals surface area contributed by atoms with Gasteiger partial charge in [0, 0.05) is 63.9 Å². The van der Waals surface area contributed by atoms with Gasteiger partial charge in [-0.15, -0.1) is 40.5 Å². The SMILES string of the molecule is CCC(C)(CC)C(=O)/C=C(\O)C(C)(CC)CC.Cc1cc2nc(-c3[c-]c4ccccc4c(C(C)(C)C)c3)cc(-c3ccc4cc(CC(C)C)sc4c3)c2o1.[Ir]. The van der Waals surface area contributed by atoms with Crippen LogP contribution < -0.4 is 0 Å². The summed E-state index contributed by atoms with van der Waals surface area (Å²) in [6.07, 6.45) is 5.87. The Labute approximate surface area is 347 Å². The summed E-state index contributed by atoms with van der Waals surface area (Å²) in [4.78, 5) is 18.7. The van der Waals surface area contributed by atoms with Crippen LogP contribution in [0.5, 0.6) is 0 Å². The Morgan fingerprint density at radius 3 is 2.16 bits per heavy atom. The molecule has 0 bridgehead atoms. The zero-order valence-electron chi connectivity index (χ0n) is 35.0. The van der Waals surface area contributed by atoms with Gasteiger partial charge < -0.3 is 9.52 Å². The van der Waals surface area contributed by atoms with Gasteiger partial charge in [-0.1, -0.05) is 124 Å². The van der Waals surface area contributed by atoms with Crippen LogP contribution in [0.1, 0.15) is 118 Å². The number of aliphatic hydroxyl groups is 1. The molecule has 295 valence electrons. The number of benzene rings is 3. The predicted molar refractivity (Wildman–Crippen MR) is 232 cm³/mol. The molecule has 0 spiro atoms. The fraction of sp³-hybridized carbons (Fsp3) is 0.429. The summed E-state index contributed by atoms with van der Waals surface area (Å²) in [5, 5.41) is 13.8. The Hall–Kier alpha value is -3.57. The summed E-state index contributed by atoms with van der Waals surface area (Å²) in [6.45, 7) is 25.4. The van der Waals surface area contributed by atoms with Crippen molar-refractivity contribution in [1.82, 2.24) is 4.98 Å². The molecule has 0 aliphatic heterocycles. The van der Waals surface area contributed by atoms with Crippen LogP contribution in [0.4, 0.5) is 0 Å². The summed E-state index contributed by atoms with van der Waals surface area (Å²) >= 11 is 1.90. The fourth-order valence-corrected chi connectivity index (χ4v) is 8.24. The van der Waals surface area contributed by atoms with Gasteiger partial charge in [0.1, 0.15) is 17.0 Å². The largest absolute Gasteiger partial charge is 0.512 e. The Morgan fingerprint density at radius 2 is 1.55 bits per heavy atom. The van der Waals surface area contributed by atoms with E-state index in [1.54, 1.807) is 0 Å². The number of hydrogen-bond donors (Lipinski definition) is 1. The summed E-state index contributed by atoms with van der Waals surface area (Å²) in [7, 11) is 0. The molecule has 0 saturated heterocycles. The number of thiophene rings is 1. The first-order valence-corrected chi connectivity index (χ1v) is 20.6. The number of carbonyl (C=O) groups excluding carboxylic acids is 1. The molecule has 1 N–H and O–H groups in total. The van der Waals surface area contributed by atoms with E-state index in [0.29, 0.717) is 5.92 Å². The topological polar surface area (TPSA) is 63.3 Å². The molecule has 6 heteroatoms. The number of rotatable bonds is 11. The molecule has 1 radical (unpaired) electrons. The third kappa shape index (κ3) is 9.70. The summed E-state index contributed by atoms with van der Waals surface area (Å²) in [5.41, 5.74) is 6.61. The van der Waals surface area contributed by atoms with Crippen LogP contribution in [0.15, 0.2) is 83.0 Å². The third-order valence-corrected chi connectivity index (χ3v) is 12.7. The van der Waals surface area contributed by atoms with Gasteiger partial charge in [0.15, 0.2) is 11.4 Å². The van der Waals surface area contributed by atoms with E-state index in [2.05, 4.69) is 101 Å². The fourth-order valence-electron chi connectivity index (χ4n) is 6.92. The second-order valence-electron chi connectivity index (χ2n) is 17.0. The van der Waals surface area contributed by atoms with Gasteiger partial charge in [-0.3, -0.25) is 9.78 Å². The van der Waals surface area contributed by atoms with E-state index in [-0.39, 0.29) is 47.9 Å². The van der Waals surface area contributed by atoms with Gasteiger partial charge in [-0.2, -0.15) is 0 Å². The van der Waals surface area contributed by atoms with Crippen LogP contribution in [0.3, 0.4) is 0 Å². The Balaban J connectivity index is 0.000000320. The first-order chi connectivity index (χ1) is 25.4. The molecule has 0 fully saturated rings. The molecule has 0 unspecified atom stereocenters. The number of aliphatic hydroxyl groups excluding tert-OH is 1. The van der Waals surface area contributed by atoms with Gasteiger partial charge in [0.05, 0.1) is 0 Å². The minimum atomic E-state index is -0.337. The van der Waals surface area contributed by atoms with Crippen LogP contribution in [-0.2, 0) is 36.7 Å². The zero-order chi connectivity index (χ0) is 39.6. The maximum absolute atomic E-state index is 12.2. The molecule has 55 heavy (non-hydrogen) atoms. The number of pyridine rings is 1. The standard InChI is InChI=1S/C34H32NOS.C15H28O2.Ir/c1-20(2)13-26-16-24-12-11-23(18-32(24)37-26)28-19-30(35-31-14-21(3)36-33(28)31)25-15-22-9-7-8-10-27(22)29(17-25)34(4,5)6;1-7-14(5,8-2)12(16)11-13(17)15(6,9-3)10-4;/h7-12,14,16-20H,13H2,1-6H3;11,16H,7-10H2,1-6H3;/q-1;;/b;12-11-;. The quantitative estimate of drug-likeness (QED) is 0.0799. The number of aromatic nitrogens is 1. The summed E-state index contributed by atoms with van der Waals surface area (Å²) < 4.78 is 7.51. The van der Waals surface area contributed by atoms with E-state index in [0.717, 1.165) is 76.7 Å². The molecule has 0 atom stereocenters. The molecular weight excluding hydrogens is 875 g/mol. The molecule has 4 nitrogen and oxygen atoms in total. The van der Waals surface area contributed by atoms with Crippen molar-refractivity contribution in [2.75, 3.05) is 0 Å². The average molecular weight is 935 g/mol. The number of nitrogens with zero attached hydrogens (tertiary/aromatic N) is 1. The molecule has 6 aromatic rings. The number of ketones is 1. The van der Waals surface area contributed by atoms with Crippen molar-refractivity contribution in [3.63, 3.8) is 0 Å². The molecule has 3 aromatic heterocycles. The minimum absolute atomic E-state index is 0. The smallest absolute Gasteiger partial charge is 0.164 e. The van der Waals surface area contributed by atoms with Crippen molar-refractivity contribution in [2.45, 2.75) is 121 Å². The van der Waals surface area contributed by atoms with Crippen molar-refractivity contribution >= 4 is 49.1 Å². The first-order valence-electron chi connectivity index (χ1n) is 19.8. The average Bonchev–Trinajstić information content (AvgIpc) is 3.73. The van der Waals surface area contributed by atoms with Gasteiger partial charge in [0.2, 0.25) is 0 Å².